The summed E-state index contributed by atoms with van der Waals surface area (Å²) in [6.45, 7) is -0.143. The van der Waals surface area contributed by atoms with E-state index in [4.69, 9.17) is 39.0 Å². The number of rotatable bonds is 2. The van der Waals surface area contributed by atoms with Crippen molar-refractivity contribution in [2.24, 2.45) is 5.92 Å². The molecule has 3 aliphatic rings. The number of H-pyrrole nitrogens is 2. The van der Waals surface area contributed by atoms with Crippen LogP contribution in [0.1, 0.15) is 19.4 Å². The monoisotopic (exact) mass is 686 g/mol. The highest BCUT2D eigenvalue weighted by atomic mass is 31.2. The molecule has 0 amide bonds. The normalized spacial score (nSPS) is 37.1. The second-order valence-corrected chi connectivity index (χ2v) is 13.4. The largest absolute Gasteiger partial charge is 0.756 e. The van der Waals surface area contributed by atoms with E-state index in [-0.39, 0.29) is 34.2 Å². The van der Waals surface area contributed by atoms with Crippen molar-refractivity contribution >= 4 is 49.9 Å². The summed E-state index contributed by atoms with van der Waals surface area (Å²) in [6.07, 6.45) is -8.13. The van der Waals surface area contributed by atoms with Crippen LogP contribution in [0.15, 0.2) is 22.2 Å². The first-order valence-electron chi connectivity index (χ1n) is 13.4. The standard InChI is InChI=1S/C21H26N10O13P2/c1-6-12-7(41-18(6)30-4-24-9-14(30)26-20(22)28-16(9)33)2-39-46(37,38)44-13-8(3-40-45(35,36)43-12)42-19(11(13)32)31-5-25-10-15(31)27-21(23)29-17(10)34/h4-8,11-13,18-19,32H,2-3H2,1H3,(H,35,36)(H,37,38)(H3,22,26,28,33)(H3,23,27,29,34)/p-2/t6-,7+,8+,11-,12?,13?,18+,19+/m0/s1. The molecule has 248 valence electrons. The Labute approximate surface area is 254 Å². The fourth-order valence-corrected chi connectivity index (χ4v) is 7.62. The van der Waals surface area contributed by atoms with Crippen LogP contribution < -0.4 is 32.4 Å². The van der Waals surface area contributed by atoms with Gasteiger partial charge in [0.1, 0.15) is 36.7 Å². The first-order valence-corrected chi connectivity index (χ1v) is 16.3. The lowest BCUT2D eigenvalue weighted by atomic mass is 10.0. The van der Waals surface area contributed by atoms with E-state index in [0.29, 0.717) is 0 Å². The molecule has 10 atom stereocenters. The molecule has 4 aromatic heterocycles. The molecule has 7 rings (SSSR count). The summed E-state index contributed by atoms with van der Waals surface area (Å²) < 4.78 is 60.9. The number of phosphoric acid groups is 2. The van der Waals surface area contributed by atoms with Crippen LogP contribution in [0.4, 0.5) is 11.9 Å². The minimum atomic E-state index is -5.28. The molecule has 3 fully saturated rings. The quantitative estimate of drug-likeness (QED) is 0.131. The average Bonchev–Trinajstić information content (AvgIpc) is 3.72. The molecule has 25 heteroatoms. The van der Waals surface area contributed by atoms with Crippen LogP contribution >= 0.6 is 15.6 Å². The molecule has 0 radical (unpaired) electrons. The lowest BCUT2D eigenvalue weighted by molar-refractivity contribution is -0.244. The number of aliphatic hydroxyl groups is 1. The lowest BCUT2D eigenvalue weighted by Gasteiger charge is -2.34. The summed E-state index contributed by atoms with van der Waals surface area (Å²) >= 11 is 0. The van der Waals surface area contributed by atoms with Crippen molar-refractivity contribution in [3.05, 3.63) is 33.4 Å². The van der Waals surface area contributed by atoms with Crippen molar-refractivity contribution in [1.29, 1.82) is 0 Å². The molecule has 46 heavy (non-hydrogen) atoms. The van der Waals surface area contributed by atoms with Gasteiger partial charge in [0.05, 0.1) is 25.9 Å². The van der Waals surface area contributed by atoms with Gasteiger partial charge in [-0.3, -0.25) is 37.8 Å². The number of nitrogen functional groups attached to an aromatic ring is 2. The Kier molecular flexibility index (Phi) is 7.41. The van der Waals surface area contributed by atoms with E-state index in [2.05, 4.69) is 29.9 Å². The van der Waals surface area contributed by atoms with Gasteiger partial charge in [-0.25, -0.2) is 9.97 Å². The number of nitrogens with two attached hydrogens (primary N) is 2. The number of fused-ring (bicyclic) bond motifs is 4. The van der Waals surface area contributed by atoms with Gasteiger partial charge >= 0.3 is 0 Å². The third-order valence-corrected chi connectivity index (χ3v) is 9.64. The van der Waals surface area contributed by atoms with Crippen molar-refractivity contribution in [2.45, 2.75) is 49.9 Å². The van der Waals surface area contributed by atoms with Gasteiger partial charge in [0.2, 0.25) is 11.9 Å². The van der Waals surface area contributed by atoms with E-state index in [9.17, 15) is 33.6 Å². The smallest absolute Gasteiger partial charge is 0.280 e. The van der Waals surface area contributed by atoms with Crippen molar-refractivity contribution < 1.29 is 51.6 Å². The second-order valence-electron chi connectivity index (χ2n) is 10.7. The maximum Gasteiger partial charge on any atom is 0.280 e. The minimum Gasteiger partial charge on any atom is -0.756 e. The van der Waals surface area contributed by atoms with Crippen LogP contribution in [0, 0.1) is 5.92 Å². The molecule has 7 heterocycles. The Balaban J connectivity index is 1.18. The molecule has 0 bridgehead atoms. The number of aromatic nitrogens is 8. The summed E-state index contributed by atoms with van der Waals surface area (Å²) in [7, 11) is -10.5. The van der Waals surface area contributed by atoms with Crippen LogP contribution in [0.25, 0.3) is 22.3 Å². The Hall–Kier alpha value is -3.60. The molecular formula is C21H24N10O13P2-2. The molecule has 4 aromatic rings. The molecule has 23 nitrogen and oxygen atoms in total. The van der Waals surface area contributed by atoms with Crippen molar-refractivity contribution in [1.82, 2.24) is 39.0 Å². The average molecular weight is 686 g/mol. The summed E-state index contributed by atoms with van der Waals surface area (Å²) in [5.41, 5.74) is 9.61. The van der Waals surface area contributed by atoms with E-state index in [1.54, 1.807) is 0 Å². The Morgan fingerprint density at radius 2 is 1.30 bits per heavy atom. The van der Waals surface area contributed by atoms with Gasteiger partial charge in [0.15, 0.2) is 28.6 Å². The highest BCUT2D eigenvalue weighted by Gasteiger charge is 2.51. The highest BCUT2D eigenvalue weighted by molar-refractivity contribution is 7.46. The topological polar surface area (TPSA) is 335 Å². The number of hydrogen-bond acceptors (Lipinski definition) is 19. The van der Waals surface area contributed by atoms with Gasteiger partial charge < -0.3 is 53.9 Å². The number of phosphoric ester groups is 2. The fourth-order valence-electron chi connectivity index (χ4n) is 5.66. The summed E-state index contributed by atoms with van der Waals surface area (Å²) in [5, 5.41) is 11.1. The van der Waals surface area contributed by atoms with Gasteiger partial charge in [-0.2, -0.15) is 9.97 Å². The molecule has 4 unspecified atom stereocenters. The zero-order valence-corrected chi connectivity index (χ0v) is 25.1. The third-order valence-electron chi connectivity index (χ3n) is 7.70. The number of aliphatic hydroxyl groups excluding tert-OH is 1. The summed E-state index contributed by atoms with van der Waals surface area (Å²) in [6, 6.07) is 0. The molecule has 0 aliphatic carbocycles. The number of nitrogens with zero attached hydrogens (tertiary/aromatic N) is 6. The SMILES string of the molecule is C[C@H]1C2OP(=O)([O-])OC[C@H]3O[C@@H](n4cnc5c(=O)[nH]c(N)nc54)[C@@H](O)C3OP(=O)([O-])OC[C@H]2O[C@H]1n1cnc2c(=O)[nH]c(N)nc21. The van der Waals surface area contributed by atoms with Crippen molar-refractivity contribution in [3.63, 3.8) is 0 Å². The van der Waals surface area contributed by atoms with Crippen LogP contribution in [0.2, 0.25) is 0 Å². The van der Waals surface area contributed by atoms with Gasteiger partial charge in [0.25, 0.3) is 26.8 Å². The van der Waals surface area contributed by atoms with E-state index in [0.717, 1.165) is 10.9 Å². The van der Waals surface area contributed by atoms with Crippen LogP contribution in [0.5, 0.6) is 0 Å². The van der Waals surface area contributed by atoms with Crippen LogP contribution in [0.3, 0.4) is 0 Å². The number of anilines is 2. The molecule has 0 spiro atoms. The summed E-state index contributed by atoms with van der Waals surface area (Å²) in [4.78, 5) is 71.1. The lowest BCUT2D eigenvalue weighted by Crippen LogP contribution is -2.39. The number of hydrogen-bond donors (Lipinski definition) is 5. The second kappa shape index (κ2) is 11.0. The van der Waals surface area contributed by atoms with E-state index in [1.807, 2.05) is 0 Å². The highest BCUT2D eigenvalue weighted by Crippen LogP contribution is 2.52. The van der Waals surface area contributed by atoms with E-state index >= 15 is 0 Å². The fraction of sp³-hybridized carbons (Fsp3) is 0.524. The molecule has 3 aliphatic heterocycles. The predicted octanol–water partition coefficient (Wildman–Crippen LogP) is -3.04. The molecule has 3 saturated heterocycles. The maximum atomic E-state index is 13.1. The zero-order valence-electron chi connectivity index (χ0n) is 23.3. The van der Waals surface area contributed by atoms with Gasteiger partial charge in [0, 0.05) is 5.92 Å². The molecule has 7 N–H and O–H groups in total. The van der Waals surface area contributed by atoms with Gasteiger partial charge in [-0.05, 0) is 0 Å². The van der Waals surface area contributed by atoms with Crippen LogP contribution in [-0.4, -0.2) is 87.9 Å². The van der Waals surface area contributed by atoms with Crippen molar-refractivity contribution in [3.8, 4) is 0 Å². The predicted molar refractivity (Wildman–Crippen MR) is 145 cm³/mol. The number of nitrogens with one attached hydrogen (secondary N) is 2. The molecular weight excluding hydrogens is 662 g/mol. The Morgan fingerprint density at radius 1 is 0.848 bits per heavy atom. The van der Waals surface area contributed by atoms with Crippen molar-refractivity contribution in [2.75, 3.05) is 24.7 Å². The molecule has 0 saturated carbocycles. The zero-order chi connectivity index (χ0) is 32.7. The first-order chi connectivity index (χ1) is 21.7. The number of imidazole rings is 2. The minimum absolute atomic E-state index is 0.0115. The third kappa shape index (κ3) is 5.34. The first kappa shape index (κ1) is 31.0. The number of aromatic amines is 2. The van der Waals surface area contributed by atoms with Gasteiger partial charge in [-0.1, -0.05) is 6.92 Å². The Morgan fingerprint density at radius 3 is 1.85 bits per heavy atom. The Bertz CT molecular complexity index is 1900. The molecule has 0 aromatic carbocycles. The summed E-state index contributed by atoms with van der Waals surface area (Å²) in [5.74, 6) is -1.35. The van der Waals surface area contributed by atoms with E-state index in [1.165, 1.54) is 17.8 Å². The number of ether oxygens (including phenoxy) is 2. The maximum absolute atomic E-state index is 13.1. The van der Waals surface area contributed by atoms with E-state index < -0.39 is 88.9 Å². The van der Waals surface area contributed by atoms with Gasteiger partial charge in [-0.15, -0.1) is 0 Å². The van der Waals surface area contributed by atoms with Crippen LogP contribution in [-0.2, 0) is 36.7 Å².